The highest BCUT2D eigenvalue weighted by molar-refractivity contribution is 6.07. The Kier molecular flexibility index (Phi) is 8.06. The van der Waals surface area contributed by atoms with Crippen LogP contribution in [0.3, 0.4) is 0 Å². The first-order valence-corrected chi connectivity index (χ1v) is 18.6. The maximum atomic E-state index is 14.1. The van der Waals surface area contributed by atoms with Crippen molar-refractivity contribution in [2.75, 3.05) is 18.0 Å². The second kappa shape index (κ2) is 12.7. The van der Waals surface area contributed by atoms with Gasteiger partial charge in [-0.3, -0.25) is 9.79 Å². The number of anilines is 2. The monoisotopic (exact) mass is 746 g/mol. The number of benzene rings is 1. The van der Waals surface area contributed by atoms with E-state index < -0.39 is 46.8 Å². The summed E-state index contributed by atoms with van der Waals surface area (Å²) >= 11 is 0. The quantitative estimate of drug-likeness (QED) is 0.157. The molecule has 1 spiro atoms. The van der Waals surface area contributed by atoms with Gasteiger partial charge in [0, 0.05) is 53.6 Å². The van der Waals surface area contributed by atoms with Crippen LogP contribution in [0.25, 0.3) is 22.2 Å². The molecule has 2 fully saturated rings. The fourth-order valence-electron chi connectivity index (χ4n) is 8.76. The molecule has 2 saturated heterocycles. The van der Waals surface area contributed by atoms with Crippen LogP contribution in [0.2, 0.25) is 0 Å². The molecule has 4 aromatic rings. The molecule has 5 aliphatic heterocycles. The molecule has 0 bridgehead atoms. The highest BCUT2D eigenvalue weighted by atomic mass is 16.7. The minimum Gasteiger partial charge on any atom is -0.507 e. The number of pyridine rings is 2. The van der Waals surface area contributed by atoms with Crippen LogP contribution in [0.15, 0.2) is 74.7 Å². The summed E-state index contributed by atoms with van der Waals surface area (Å²) in [6.45, 7) is 6.54. The van der Waals surface area contributed by atoms with Gasteiger partial charge in [-0.25, -0.2) is 14.8 Å². The first-order valence-electron chi connectivity index (χ1n) is 18.6. The summed E-state index contributed by atoms with van der Waals surface area (Å²) in [6.07, 6.45) is 5.27. The molecule has 5 aliphatic rings. The number of esters is 1. The molecular formula is C41H42N6O8. The van der Waals surface area contributed by atoms with Gasteiger partial charge in [-0.05, 0) is 82.4 Å². The van der Waals surface area contributed by atoms with Crippen molar-refractivity contribution in [3.05, 3.63) is 93.3 Å². The van der Waals surface area contributed by atoms with Crippen molar-refractivity contribution in [3.63, 3.8) is 0 Å². The Morgan fingerprint density at radius 3 is 2.67 bits per heavy atom. The number of aryl methyl sites for hydroxylation is 2. The lowest BCUT2D eigenvalue weighted by Gasteiger charge is -2.44. The molecule has 0 radical (unpaired) electrons. The Balaban J connectivity index is 0.936. The number of rotatable bonds is 6. The van der Waals surface area contributed by atoms with Crippen molar-refractivity contribution in [1.82, 2.24) is 14.9 Å². The van der Waals surface area contributed by atoms with Crippen LogP contribution in [0, 0.1) is 6.92 Å². The van der Waals surface area contributed by atoms with Crippen molar-refractivity contribution in [3.8, 4) is 22.8 Å². The van der Waals surface area contributed by atoms with Gasteiger partial charge in [0.25, 0.3) is 0 Å². The van der Waals surface area contributed by atoms with Crippen molar-refractivity contribution < 1.29 is 33.6 Å². The molecule has 0 amide bonds. The van der Waals surface area contributed by atoms with Crippen LogP contribution >= 0.6 is 0 Å². The predicted molar refractivity (Wildman–Crippen MR) is 203 cm³/mol. The third-order valence-corrected chi connectivity index (χ3v) is 11.3. The molecule has 14 heteroatoms. The zero-order valence-electron chi connectivity index (χ0n) is 30.7. The maximum absolute atomic E-state index is 14.1. The number of aliphatic imine (C=N–C) groups is 1. The van der Waals surface area contributed by atoms with E-state index in [9.17, 15) is 19.8 Å². The number of phenols is 1. The Morgan fingerprint density at radius 2 is 1.85 bits per heavy atom. The topological polar surface area (TPSA) is 212 Å². The van der Waals surface area contributed by atoms with E-state index in [1.54, 1.807) is 31.3 Å². The van der Waals surface area contributed by atoms with Gasteiger partial charge < -0.3 is 45.2 Å². The third-order valence-electron chi connectivity index (χ3n) is 11.3. The van der Waals surface area contributed by atoms with Crippen LogP contribution in [-0.4, -0.2) is 72.8 Å². The largest absolute Gasteiger partial charge is 0.507 e. The molecule has 3 aromatic heterocycles. The molecule has 284 valence electrons. The third kappa shape index (κ3) is 6.18. The van der Waals surface area contributed by atoms with Gasteiger partial charge in [0.05, 0.1) is 42.4 Å². The van der Waals surface area contributed by atoms with E-state index in [2.05, 4.69) is 26.1 Å². The lowest BCUT2D eigenvalue weighted by atomic mass is 9.77. The number of hydrogen-bond acceptors (Lipinski definition) is 14. The van der Waals surface area contributed by atoms with E-state index in [0.29, 0.717) is 73.2 Å². The predicted octanol–water partition coefficient (Wildman–Crippen LogP) is 4.58. The van der Waals surface area contributed by atoms with Crippen molar-refractivity contribution in [2.24, 2.45) is 4.99 Å². The molecule has 1 aromatic carbocycles. The van der Waals surface area contributed by atoms with Crippen LogP contribution in [0.1, 0.15) is 68.0 Å². The number of aromatic nitrogens is 2. The number of fused-ring (bicyclic) bond motifs is 5. The van der Waals surface area contributed by atoms with Gasteiger partial charge in [-0.2, -0.15) is 0 Å². The van der Waals surface area contributed by atoms with Crippen LogP contribution in [-0.2, 0) is 27.2 Å². The number of ether oxygens (including phenoxy) is 3. The molecule has 5 atom stereocenters. The zero-order chi connectivity index (χ0) is 38.4. The standard InChI is InChI=1S/C41H42N6O8/c1-20-10-29(49)36-30(52-20)15-31-35(37(36)50)26-6-5-25(48)16-41(39(51)53-38(26)40(2,3)54-31)32(55-41)7-4-21-11-27(46-33(42)12-21)23-13-24(45-34(43)14-23)18-47-17-22-8-9-44-28(22)19-47/h8-15,17,25-26,32,38,48,50H,4-7,16,18-19H2,1-3H3,(H2,42,46)(H2,43,45)/t25-,26-,32-,38-,41-/m1/s1. The Labute approximate surface area is 316 Å². The molecular weight excluding hydrogens is 704 g/mol. The molecule has 6 N–H and O–H groups in total. The first-order chi connectivity index (χ1) is 26.3. The van der Waals surface area contributed by atoms with Gasteiger partial charge in [0.15, 0.2) is 11.0 Å². The minimum absolute atomic E-state index is 0.0310. The normalized spacial score (nSPS) is 26.3. The molecule has 55 heavy (non-hydrogen) atoms. The molecule has 8 heterocycles. The van der Waals surface area contributed by atoms with Gasteiger partial charge in [0.2, 0.25) is 0 Å². The Hall–Kier alpha value is -5.73. The second-order valence-corrected chi connectivity index (χ2v) is 15.8. The SMILES string of the molecule is Cc1cc(=O)c2c(O)c3c(cc2o1)OC(C)(C)[C@@H]1OC(=O)[C@]2(C[C@H](O)CC[C@H]31)O[C@@H]2CCc1cc(N)nc(-c2cc(N)nc(CN3C=C4C=CN=C4C3)c2)c1. The fourth-order valence-corrected chi connectivity index (χ4v) is 8.76. The van der Waals surface area contributed by atoms with E-state index in [1.165, 1.54) is 6.07 Å². The van der Waals surface area contributed by atoms with E-state index in [1.807, 2.05) is 32.1 Å². The molecule has 0 unspecified atom stereocenters. The van der Waals surface area contributed by atoms with Gasteiger partial charge in [0.1, 0.15) is 51.6 Å². The molecule has 0 saturated carbocycles. The average molecular weight is 747 g/mol. The smallest absolute Gasteiger partial charge is 0.341 e. The highest BCUT2D eigenvalue weighted by Gasteiger charge is 2.65. The van der Waals surface area contributed by atoms with Crippen LogP contribution < -0.4 is 21.6 Å². The van der Waals surface area contributed by atoms with Crippen molar-refractivity contribution in [1.29, 1.82) is 0 Å². The number of nitrogens with two attached hydrogens (primary N) is 2. The number of aliphatic hydroxyl groups excluding tert-OH is 1. The number of aliphatic hydroxyl groups is 1. The zero-order valence-corrected chi connectivity index (χ0v) is 30.7. The molecule has 0 aliphatic carbocycles. The number of phenolic OH excluding ortho intramolecular Hbond substituents is 1. The maximum Gasteiger partial charge on any atom is 0.341 e. The lowest BCUT2D eigenvalue weighted by Crippen LogP contribution is -2.52. The summed E-state index contributed by atoms with van der Waals surface area (Å²) in [5.41, 5.74) is 15.6. The second-order valence-electron chi connectivity index (χ2n) is 15.8. The number of allylic oxidation sites excluding steroid dienone is 1. The van der Waals surface area contributed by atoms with Crippen LogP contribution in [0.5, 0.6) is 11.5 Å². The van der Waals surface area contributed by atoms with Gasteiger partial charge in [-0.15, -0.1) is 0 Å². The van der Waals surface area contributed by atoms with Crippen LogP contribution in [0.4, 0.5) is 11.6 Å². The Morgan fingerprint density at radius 1 is 1.04 bits per heavy atom. The fraction of sp³-hybridized carbons (Fsp3) is 0.390. The Bertz CT molecular complexity index is 2440. The number of hydrogen-bond donors (Lipinski definition) is 4. The number of carbonyl (C=O) groups excluding carboxylic acids is 1. The van der Waals surface area contributed by atoms with Gasteiger partial charge in [-0.1, -0.05) is 0 Å². The van der Waals surface area contributed by atoms with Crippen molar-refractivity contribution in [2.45, 2.75) is 94.9 Å². The molecule has 14 nitrogen and oxygen atoms in total. The minimum atomic E-state index is -1.35. The number of aromatic hydroxyl groups is 1. The van der Waals surface area contributed by atoms with Crippen molar-refractivity contribution >= 4 is 34.3 Å². The summed E-state index contributed by atoms with van der Waals surface area (Å²) in [4.78, 5) is 42.8. The number of epoxide rings is 1. The summed E-state index contributed by atoms with van der Waals surface area (Å²) < 4.78 is 24.6. The summed E-state index contributed by atoms with van der Waals surface area (Å²) in [5, 5.41) is 22.8. The van der Waals surface area contributed by atoms with E-state index in [-0.39, 0.29) is 23.1 Å². The number of nitrogens with zero attached hydrogens (tertiary/aromatic N) is 4. The first kappa shape index (κ1) is 35.0. The highest BCUT2D eigenvalue weighted by Crippen LogP contribution is 2.53. The van der Waals surface area contributed by atoms with E-state index in [4.69, 9.17) is 30.1 Å². The molecule has 9 rings (SSSR count). The van der Waals surface area contributed by atoms with E-state index in [0.717, 1.165) is 28.1 Å². The van der Waals surface area contributed by atoms with Gasteiger partial charge >= 0.3 is 5.97 Å². The number of nitrogen functional groups attached to an aromatic ring is 2. The summed E-state index contributed by atoms with van der Waals surface area (Å²) in [6, 6.07) is 10.4. The average Bonchev–Trinajstić information content (AvgIpc) is 3.37. The van der Waals surface area contributed by atoms with E-state index >= 15 is 0 Å². The number of carbonyl (C=O) groups is 1. The summed E-state index contributed by atoms with van der Waals surface area (Å²) in [5.74, 6) is 0.00377. The lowest BCUT2D eigenvalue weighted by molar-refractivity contribution is -0.171. The summed E-state index contributed by atoms with van der Waals surface area (Å²) in [7, 11) is 0.